The SMILES string of the molecule is Cc1cc(C(=O)N2CCN(Cc3cccs3)CC2)c(C)s1. The predicted octanol–water partition coefficient (Wildman–Crippen LogP) is 3.38. The molecule has 1 fully saturated rings. The lowest BCUT2D eigenvalue weighted by Gasteiger charge is -2.34. The molecule has 0 radical (unpaired) electrons. The molecule has 1 amide bonds. The lowest BCUT2D eigenvalue weighted by molar-refractivity contribution is 0.0629. The topological polar surface area (TPSA) is 23.6 Å². The minimum atomic E-state index is 0.202. The highest BCUT2D eigenvalue weighted by Crippen LogP contribution is 2.23. The Morgan fingerprint density at radius 2 is 2.00 bits per heavy atom. The Labute approximate surface area is 133 Å². The molecule has 2 aromatic rings. The van der Waals surface area contributed by atoms with Crippen LogP contribution in [0.25, 0.3) is 0 Å². The van der Waals surface area contributed by atoms with Gasteiger partial charge in [-0.05, 0) is 31.4 Å². The zero-order valence-electron chi connectivity index (χ0n) is 12.5. The van der Waals surface area contributed by atoms with E-state index in [-0.39, 0.29) is 5.91 Å². The predicted molar refractivity (Wildman–Crippen MR) is 89.3 cm³/mol. The van der Waals surface area contributed by atoms with Gasteiger partial charge in [-0.3, -0.25) is 9.69 Å². The summed E-state index contributed by atoms with van der Waals surface area (Å²) in [7, 11) is 0. The van der Waals surface area contributed by atoms with Crippen molar-refractivity contribution in [2.45, 2.75) is 20.4 Å². The Kier molecular flexibility index (Phi) is 4.42. The van der Waals surface area contributed by atoms with Crippen molar-refractivity contribution < 1.29 is 4.79 Å². The molecule has 0 atom stereocenters. The van der Waals surface area contributed by atoms with Crippen molar-refractivity contribution in [3.05, 3.63) is 43.8 Å². The number of carbonyl (C=O) groups is 1. The minimum Gasteiger partial charge on any atom is -0.336 e. The quantitative estimate of drug-likeness (QED) is 0.865. The third-order valence-electron chi connectivity index (χ3n) is 3.89. The van der Waals surface area contributed by atoms with Crippen molar-refractivity contribution in [2.24, 2.45) is 0 Å². The smallest absolute Gasteiger partial charge is 0.255 e. The number of hydrogen-bond acceptors (Lipinski definition) is 4. The maximum Gasteiger partial charge on any atom is 0.255 e. The van der Waals surface area contributed by atoms with E-state index in [9.17, 15) is 4.79 Å². The van der Waals surface area contributed by atoms with Crippen LogP contribution in [-0.2, 0) is 6.54 Å². The Morgan fingerprint density at radius 1 is 1.24 bits per heavy atom. The van der Waals surface area contributed by atoms with Crippen LogP contribution in [0.15, 0.2) is 23.6 Å². The molecule has 0 aliphatic carbocycles. The summed E-state index contributed by atoms with van der Waals surface area (Å²) in [5.74, 6) is 0.202. The van der Waals surface area contributed by atoms with Crippen LogP contribution in [0.4, 0.5) is 0 Å². The molecule has 0 unspecified atom stereocenters. The van der Waals surface area contributed by atoms with Crippen LogP contribution in [0.3, 0.4) is 0 Å². The monoisotopic (exact) mass is 320 g/mol. The summed E-state index contributed by atoms with van der Waals surface area (Å²) in [4.78, 5) is 20.8. The minimum absolute atomic E-state index is 0.202. The van der Waals surface area contributed by atoms with Crippen molar-refractivity contribution >= 4 is 28.6 Å². The molecule has 3 heterocycles. The average Bonchev–Trinajstić information content (AvgIpc) is 3.08. The molecule has 0 saturated carbocycles. The molecule has 0 N–H and O–H groups in total. The summed E-state index contributed by atoms with van der Waals surface area (Å²) in [5.41, 5.74) is 0.893. The molecule has 0 aromatic carbocycles. The van der Waals surface area contributed by atoms with E-state index in [1.165, 1.54) is 9.75 Å². The van der Waals surface area contributed by atoms with Gasteiger partial charge < -0.3 is 4.90 Å². The summed E-state index contributed by atoms with van der Waals surface area (Å²) in [6.45, 7) is 8.70. The summed E-state index contributed by atoms with van der Waals surface area (Å²) in [5, 5.41) is 2.12. The molecule has 3 nitrogen and oxygen atoms in total. The van der Waals surface area contributed by atoms with Crippen LogP contribution in [-0.4, -0.2) is 41.9 Å². The van der Waals surface area contributed by atoms with Gasteiger partial charge in [0.1, 0.15) is 0 Å². The van der Waals surface area contributed by atoms with Crippen molar-refractivity contribution in [1.82, 2.24) is 9.80 Å². The van der Waals surface area contributed by atoms with Gasteiger partial charge in [-0.15, -0.1) is 22.7 Å². The first-order valence-corrected chi connectivity index (χ1v) is 8.94. The Balaban J connectivity index is 1.58. The van der Waals surface area contributed by atoms with Crippen LogP contribution in [0.1, 0.15) is 25.0 Å². The molecule has 3 rings (SSSR count). The fourth-order valence-electron chi connectivity index (χ4n) is 2.75. The summed E-state index contributed by atoms with van der Waals surface area (Å²) in [6, 6.07) is 6.31. The molecule has 0 spiro atoms. The van der Waals surface area contributed by atoms with E-state index < -0.39 is 0 Å². The van der Waals surface area contributed by atoms with E-state index in [1.807, 2.05) is 17.9 Å². The van der Waals surface area contributed by atoms with Crippen molar-refractivity contribution in [1.29, 1.82) is 0 Å². The molecule has 1 aliphatic rings. The molecule has 0 bridgehead atoms. The lowest BCUT2D eigenvalue weighted by Crippen LogP contribution is -2.48. The van der Waals surface area contributed by atoms with Gasteiger partial charge in [-0.1, -0.05) is 6.07 Å². The van der Waals surface area contributed by atoms with Gasteiger partial charge in [0.05, 0.1) is 5.56 Å². The average molecular weight is 320 g/mol. The molecular formula is C16H20N2OS2. The number of amides is 1. The van der Waals surface area contributed by atoms with Crippen molar-refractivity contribution in [3.63, 3.8) is 0 Å². The second-order valence-corrected chi connectivity index (χ2v) is 7.97. The zero-order valence-corrected chi connectivity index (χ0v) is 14.1. The van der Waals surface area contributed by atoms with Crippen LogP contribution >= 0.6 is 22.7 Å². The van der Waals surface area contributed by atoms with Gasteiger partial charge in [-0.25, -0.2) is 0 Å². The van der Waals surface area contributed by atoms with Crippen LogP contribution in [0.5, 0.6) is 0 Å². The van der Waals surface area contributed by atoms with Gasteiger partial charge in [0.2, 0.25) is 0 Å². The van der Waals surface area contributed by atoms with E-state index in [2.05, 4.69) is 29.3 Å². The number of rotatable bonds is 3. The summed E-state index contributed by atoms with van der Waals surface area (Å²) in [6.07, 6.45) is 0. The molecule has 1 saturated heterocycles. The third-order valence-corrected chi connectivity index (χ3v) is 5.72. The Morgan fingerprint density at radius 3 is 2.57 bits per heavy atom. The Bertz CT molecular complexity index is 610. The number of thiophene rings is 2. The molecule has 21 heavy (non-hydrogen) atoms. The summed E-state index contributed by atoms with van der Waals surface area (Å²) < 4.78 is 0. The molecule has 5 heteroatoms. The van der Waals surface area contributed by atoms with E-state index in [1.54, 1.807) is 22.7 Å². The standard InChI is InChI=1S/C16H20N2OS2/c1-12-10-15(13(2)21-12)16(19)18-7-5-17(6-8-18)11-14-4-3-9-20-14/h3-4,9-10H,5-8,11H2,1-2H3. The fourth-order valence-corrected chi connectivity index (χ4v) is 4.41. The van der Waals surface area contributed by atoms with Gasteiger partial charge in [0.25, 0.3) is 5.91 Å². The zero-order chi connectivity index (χ0) is 14.8. The number of nitrogens with zero attached hydrogens (tertiary/aromatic N) is 2. The number of carbonyl (C=O) groups excluding carboxylic acids is 1. The second-order valence-electron chi connectivity index (χ2n) is 5.47. The lowest BCUT2D eigenvalue weighted by atomic mass is 10.2. The van der Waals surface area contributed by atoms with Gasteiger partial charge in [-0.2, -0.15) is 0 Å². The van der Waals surface area contributed by atoms with Gasteiger partial charge in [0.15, 0.2) is 0 Å². The van der Waals surface area contributed by atoms with E-state index in [0.29, 0.717) is 0 Å². The van der Waals surface area contributed by atoms with E-state index in [0.717, 1.165) is 43.2 Å². The third kappa shape index (κ3) is 3.36. The van der Waals surface area contributed by atoms with Crippen molar-refractivity contribution in [3.8, 4) is 0 Å². The largest absolute Gasteiger partial charge is 0.336 e. The van der Waals surface area contributed by atoms with Gasteiger partial charge in [0, 0.05) is 47.4 Å². The van der Waals surface area contributed by atoms with Crippen LogP contribution in [0, 0.1) is 13.8 Å². The fraction of sp³-hybridized carbons (Fsp3) is 0.438. The highest BCUT2D eigenvalue weighted by atomic mass is 32.1. The maximum absolute atomic E-state index is 12.6. The normalized spacial score (nSPS) is 16.4. The molecule has 2 aromatic heterocycles. The first-order valence-electron chi connectivity index (χ1n) is 7.24. The molecule has 112 valence electrons. The number of hydrogen-bond donors (Lipinski definition) is 0. The van der Waals surface area contributed by atoms with Gasteiger partial charge >= 0.3 is 0 Å². The maximum atomic E-state index is 12.6. The van der Waals surface area contributed by atoms with E-state index >= 15 is 0 Å². The number of piperazine rings is 1. The van der Waals surface area contributed by atoms with Crippen molar-refractivity contribution in [2.75, 3.05) is 26.2 Å². The highest BCUT2D eigenvalue weighted by molar-refractivity contribution is 7.12. The number of aryl methyl sites for hydroxylation is 2. The Hall–Kier alpha value is -1.17. The first-order chi connectivity index (χ1) is 10.1. The van der Waals surface area contributed by atoms with Crippen LogP contribution < -0.4 is 0 Å². The highest BCUT2D eigenvalue weighted by Gasteiger charge is 2.24. The second kappa shape index (κ2) is 6.30. The summed E-state index contributed by atoms with van der Waals surface area (Å²) >= 11 is 3.51. The molecular weight excluding hydrogens is 300 g/mol. The first kappa shape index (κ1) is 14.8. The molecule has 1 aliphatic heterocycles. The van der Waals surface area contributed by atoms with E-state index in [4.69, 9.17) is 0 Å². The van der Waals surface area contributed by atoms with Crippen LogP contribution in [0.2, 0.25) is 0 Å².